The van der Waals surface area contributed by atoms with Crippen LogP contribution in [0.1, 0.15) is 22.3 Å². The number of alkyl halides is 3. The summed E-state index contributed by atoms with van der Waals surface area (Å²) >= 11 is 12.1. The van der Waals surface area contributed by atoms with Crippen LogP contribution in [0.2, 0.25) is 10.0 Å². The molecule has 1 aliphatic rings. The van der Waals surface area contributed by atoms with Gasteiger partial charge < -0.3 is 5.32 Å². The summed E-state index contributed by atoms with van der Waals surface area (Å²) in [6.45, 7) is 0.231. The minimum Gasteiger partial charge on any atom is -0.322 e. The highest BCUT2D eigenvalue weighted by atomic mass is 35.5. The van der Waals surface area contributed by atoms with Gasteiger partial charge in [0.1, 0.15) is 0 Å². The molecule has 3 rings (SSSR count). The zero-order valence-corrected chi connectivity index (χ0v) is 16.4. The van der Waals surface area contributed by atoms with Crippen molar-refractivity contribution in [1.82, 2.24) is 0 Å². The van der Waals surface area contributed by atoms with Crippen LogP contribution in [0.5, 0.6) is 0 Å². The van der Waals surface area contributed by atoms with Crippen LogP contribution in [0.3, 0.4) is 0 Å². The number of anilines is 2. The number of sulfonamides is 1. The lowest BCUT2D eigenvalue weighted by atomic mass is 10.1. The van der Waals surface area contributed by atoms with Gasteiger partial charge in [0.15, 0.2) is 0 Å². The Labute approximate surface area is 169 Å². The summed E-state index contributed by atoms with van der Waals surface area (Å²) in [5.41, 5.74) is -0.998. The molecule has 0 unspecified atom stereocenters. The highest BCUT2D eigenvalue weighted by molar-refractivity contribution is 7.93. The SMILES string of the molecule is O=C(Nc1cccc(C(F)(F)F)c1)c1cc(N2CCCS2(=O)=O)cc(Cl)c1Cl. The van der Waals surface area contributed by atoms with Crippen molar-refractivity contribution in [1.29, 1.82) is 0 Å². The van der Waals surface area contributed by atoms with Gasteiger partial charge in [0.2, 0.25) is 10.0 Å². The van der Waals surface area contributed by atoms with Crippen LogP contribution < -0.4 is 9.62 Å². The number of halogens is 5. The van der Waals surface area contributed by atoms with Crippen molar-refractivity contribution in [2.75, 3.05) is 21.9 Å². The second-order valence-electron chi connectivity index (χ2n) is 6.06. The second-order valence-corrected chi connectivity index (χ2v) is 8.86. The van der Waals surface area contributed by atoms with Crippen LogP contribution in [0, 0.1) is 0 Å². The fourth-order valence-corrected chi connectivity index (χ4v) is 4.74. The van der Waals surface area contributed by atoms with E-state index in [-0.39, 0.29) is 39.3 Å². The minimum atomic E-state index is -4.56. The summed E-state index contributed by atoms with van der Waals surface area (Å²) in [6, 6.07) is 6.67. The third-order valence-electron chi connectivity index (χ3n) is 4.09. The molecular weight excluding hydrogens is 440 g/mol. The molecule has 1 amide bonds. The molecule has 0 saturated carbocycles. The molecule has 0 aromatic heterocycles. The first-order valence-corrected chi connectivity index (χ1v) is 10.3. The molecule has 0 bridgehead atoms. The fraction of sp³-hybridized carbons (Fsp3) is 0.235. The molecule has 5 nitrogen and oxygen atoms in total. The van der Waals surface area contributed by atoms with Gasteiger partial charge in [-0.25, -0.2) is 8.42 Å². The summed E-state index contributed by atoms with van der Waals surface area (Å²) in [6.07, 6.45) is -4.14. The largest absolute Gasteiger partial charge is 0.416 e. The molecule has 0 atom stereocenters. The molecule has 1 heterocycles. The lowest BCUT2D eigenvalue weighted by molar-refractivity contribution is -0.137. The van der Waals surface area contributed by atoms with Crippen LogP contribution in [-0.4, -0.2) is 26.6 Å². The topological polar surface area (TPSA) is 66.5 Å². The van der Waals surface area contributed by atoms with Crippen molar-refractivity contribution in [2.45, 2.75) is 12.6 Å². The van der Waals surface area contributed by atoms with Gasteiger partial charge in [-0.2, -0.15) is 13.2 Å². The smallest absolute Gasteiger partial charge is 0.322 e. The van der Waals surface area contributed by atoms with Crippen LogP contribution in [0.25, 0.3) is 0 Å². The lowest BCUT2D eigenvalue weighted by Crippen LogP contribution is -2.25. The molecule has 150 valence electrons. The third-order valence-corrected chi connectivity index (χ3v) is 6.76. The van der Waals surface area contributed by atoms with E-state index in [2.05, 4.69) is 5.32 Å². The molecule has 2 aromatic carbocycles. The zero-order chi connectivity index (χ0) is 20.7. The number of nitrogens with zero attached hydrogens (tertiary/aromatic N) is 1. The van der Waals surface area contributed by atoms with E-state index in [1.165, 1.54) is 18.2 Å². The Morgan fingerprint density at radius 3 is 2.46 bits per heavy atom. The zero-order valence-electron chi connectivity index (χ0n) is 14.1. The van der Waals surface area contributed by atoms with Gasteiger partial charge in [-0.15, -0.1) is 0 Å². The van der Waals surface area contributed by atoms with Crippen molar-refractivity contribution in [2.24, 2.45) is 0 Å². The monoisotopic (exact) mass is 452 g/mol. The summed E-state index contributed by atoms with van der Waals surface area (Å²) in [5.74, 6) is -0.844. The number of rotatable bonds is 3. The normalized spacial score (nSPS) is 16.2. The number of carbonyl (C=O) groups is 1. The molecule has 28 heavy (non-hydrogen) atoms. The van der Waals surface area contributed by atoms with Crippen molar-refractivity contribution < 1.29 is 26.4 Å². The number of amides is 1. The Hall–Kier alpha value is -1.97. The quantitative estimate of drug-likeness (QED) is 0.726. The summed E-state index contributed by atoms with van der Waals surface area (Å²) in [4.78, 5) is 12.6. The van der Waals surface area contributed by atoms with E-state index in [1.54, 1.807) is 0 Å². The highest BCUT2D eigenvalue weighted by Gasteiger charge is 2.31. The van der Waals surface area contributed by atoms with Crippen LogP contribution in [-0.2, 0) is 16.2 Å². The molecule has 1 saturated heterocycles. The second kappa shape index (κ2) is 7.46. The third kappa shape index (κ3) is 4.21. The average molecular weight is 453 g/mol. The van der Waals surface area contributed by atoms with Crippen molar-refractivity contribution in [3.8, 4) is 0 Å². The molecular formula is C17H13Cl2F3N2O3S. The standard InChI is InChI=1S/C17H13Cl2F3N2O3S/c18-14-9-12(24-5-2-6-28(24,26)27)8-13(15(14)19)16(25)23-11-4-1-3-10(7-11)17(20,21)22/h1,3-4,7-9H,2,5-6H2,(H,23,25). The molecule has 1 aliphatic heterocycles. The van der Waals surface area contributed by atoms with E-state index in [1.807, 2.05) is 0 Å². The molecule has 0 radical (unpaired) electrons. The first kappa shape index (κ1) is 20.8. The minimum absolute atomic E-state index is 0.0288. The van der Waals surface area contributed by atoms with Gasteiger partial charge >= 0.3 is 6.18 Å². The number of hydrogen-bond donors (Lipinski definition) is 1. The van der Waals surface area contributed by atoms with Crippen molar-refractivity contribution in [3.05, 3.63) is 57.6 Å². The van der Waals surface area contributed by atoms with Gasteiger partial charge in [0.05, 0.1) is 32.6 Å². The first-order chi connectivity index (χ1) is 13.0. The maximum Gasteiger partial charge on any atom is 0.416 e. The Morgan fingerprint density at radius 1 is 1.14 bits per heavy atom. The van der Waals surface area contributed by atoms with E-state index in [4.69, 9.17) is 23.2 Å². The van der Waals surface area contributed by atoms with E-state index >= 15 is 0 Å². The number of benzene rings is 2. The van der Waals surface area contributed by atoms with E-state index < -0.39 is 27.7 Å². The van der Waals surface area contributed by atoms with Crippen LogP contribution >= 0.6 is 23.2 Å². The predicted molar refractivity (Wildman–Crippen MR) is 102 cm³/mol. The first-order valence-electron chi connectivity index (χ1n) is 7.97. The van der Waals surface area contributed by atoms with Gasteiger partial charge in [-0.05, 0) is 36.8 Å². The molecule has 0 spiro atoms. The molecule has 11 heteroatoms. The van der Waals surface area contributed by atoms with Crippen molar-refractivity contribution >= 4 is 50.5 Å². The molecule has 0 aliphatic carbocycles. The summed E-state index contributed by atoms with van der Waals surface area (Å²) in [7, 11) is -3.52. The van der Waals surface area contributed by atoms with Gasteiger partial charge in [-0.3, -0.25) is 9.10 Å². The maximum absolute atomic E-state index is 12.8. The van der Waals surface area contributed by atoms with Gasteiger partial charge in [0.25, 0.3) is 5.91 Å². The fourth-order valence-electron chi connectivity index (χ4n) is 2.79. The average Bonchev–Trinajstić information content (AvgIpc) is 2.96. The maximum atomic E-state index is 12.8. The van der Waals surface area contributed by atoms with E-state index in [0.29, 0.717) is 6.42 Å². The highest BCUT2D eigenvalue weighted by Crippen LogP contribution is 2.35. The predicted octanol–water partition coefficient (Wildman–Crippen LogP) is 4.80. The number of carbonyl (C=O) groups excluding carboxylic acids is 1. The number of hydrogen-bond acceptors (Lipinski definition) is 3. The molecule has 1 fully saturated rings. The molecule has 2 aromatic rings. The van der Waals surface area contributed by atoms with Gasteiger partial charge in [-0.1, -0.05) is 29.3 Å². The Balaban J connectivity index is 1.94. The lowest BCUT2D eigenvalue weighted by Gasteiger charge is -2.19. The number of nitrogens with one attached hydrogen (secondary N) is 1. The van der Waals surface area contributed by atoms with Crippen LogP contribution in [0.4, 0.5) is 24.5 Å². The summed E-state index contributed by atoms with van der Waals surface area (Å²) in [5, 5.41) is 2.15. The Bertz CT molecular complexity index is 1040. The van der Waals surface area contributed by atoms with Crippen molar-refractivity contribution in [3.63, 3.8) is 0 Å². The van der Waals surface area contributed by atoms with E-state index in [0.717, 1.165) is 22.5 Å². The molecule has 1 N–H and O–H groups in total. The van der Waals surface area contributed by atoms with E-state index in [9.17, 15) is 26.4 Å². The van der Waals surface area contributed by atoms with Crippen LogP contribution in [0.15, 0.2) is 36.4 Å². The Morgan fingerprint density at radius 2 is 1.86 bits per heavy atom. The Kier molecular flexibility index (Phi) is 5.53. The summed E-state index contributed by atoms with van der Waals surface area (Å²) < 4.78 is 63.8. The van der Waals surface area contributed by atoms with Gasteiger partial charge in [0, 0.05) is 12.2 Å².